The first kappa shape index (κ1) is 13.4. The molecule has 1 saturated carbocycles. The molecule has 108 valence electrons. The summed E-state index contributed by atoms with van der Waals surface area (Å²) in [4.78, 5) is 14.4. The summed E-state index contributed by atoms with van der Waals surface area (Å²) in [6.07, 6.45) is 3.92. The highest BCUT2D eigenvalue weighted by atomic mass is 16.3. The number of likely N-dealkylation sites (tertiary alicyclic amines) is 1. The van der Waals surface area contributed by atoms with Gasteiger partial charge in [0.2, 0.25) is 5.91 Å². The number of nitrogens with two attached hydrogens (primary N) is 1. The highest BCUT2D eigenvalue weighted by Gasteiger charge is 2.40. The predicted octanol–water partition coefficient (Wildman–Crippen LogP) is 1.52. The quantitative estimate of drug-likeness (QED) is 0.859. The molecule has 0 bridgehead atoms. The van der Waals surface area contributed by atoms with E-state index in [0.717, 1.165) is 25.1 Å². The van der Waals surface area contributed by atoms with E-state index in [2.05, 4.69) is 0 Å². The van der Waals surface area contributed by atoms with Crippen LogP contribution in [0, 0.1) is 11.8 Å². The van der Waals surface area contributed by atoms with Crippen LogP contribution < -0.4 is 5.73 Å². The molecule has 1 aliphatic heterocycles. The van der Waals surface area contributed by atoms with Crippen molar-refractivity contribution in [3.05, 3.63) is 29.8 Å². The topological polar surface area (TPSA) is 66.6 Å². The van der Waals surface area contributed by atoms with Crippen molar-refractivity contribution < 1.29 is 9.90 Å². The average molecular weight is 274 g/mol. The maximum absolute atomic E-state index is 12.4. The number of phenolic OH excluding ortho intramolecular Hbond substituents is 1. The smallest absolute Gasteiger partial charge is 0.227 e. The largest absolute Gasteiger partial charge is 0.508 e. The Morgan fingerprint density at radius 1 is 1.25 bits per heavy atom. The summed E-state index contributed by atoms with van der Waals surface area (Å²) in [5.74, 6) is 1.51. The van der Waals surface area contributed by atoms with Gasteiger partial charge >= 0.3 is 0 Å². The van der Waals surface area contributed by atoms with Crippen LogP contribution in [0.25, 0.3) is 0 Å². The van der Waals surface area contributed by atoms with Gasteiger partial charge in [-0.15, -0.1) is 0 Å². The minimum absolute atomic E-state index is 0.178. The molecule has 4 heteroatoms. The molecule has 4 nitrogen and oxygen atoms in total. The number of hydrogen-bond acceptors (Lipinski definition) is 3. The molecule has 0 spiro atoms. The number of carbonyl (C=O) groups excluding carboxylic acids is 1. The standard InChI is InChI=1S/C16H22N2O2/c17-15-3-1-2-12-9-18(10-14(12)15)16(20)8-11-4-6-13(19)7-5-11/h4-7,12,14-15,19H,1-3,8-10,17H2. The van der Waals surface area contributed by atoms with Crippen LogP contribution >= 0.6 is 0 Å². The van der Waals surface area contributed by atoms with Crippen molar-refractivity contribution in [1.29, 1.82) is 0 Å². The minimum Gasteiger partial charge on any atom is -0.508 e. The number of rotatable bonds is 2. The van der Waals surface area contributed by atoms with Crippen molar-refractivity contribution in [2.24, 2.45) is 17.6 Å². The van der Waals surface area contributed by atoms with Crippen molar-refractivity contribution in [3.63, 3.8) is 0 Å². The van der Waals surface area contributed by atoms with Crippen LogP contribution in [-0.4, -0.2) is 35.0 Å². The zero-order chi connectivity index (χ0) is 14.1. The summed E-state index contributed by atoms with van der Waals surface area (Å²) in [6, 6.07) is 7.13. The maximum Gasteiger partial charge on any atom is 0.227 e. The van der Waals surface area contributed by atoms with Crippen LogP contribution in [0.1, 0.15) is 24.8 Å². The number of benzene rings is 1. The van der Waals surface area contributed by atoms with Gasteiger partial charge in [-0.1, -0.05) is 18.6 Å². The summed E-state index contributed by atoms with van der Waals surface area (Å²) in [7, 11) is 0. The number of phenols is 1. The Morgan fingerprint density at radius 2 is 2.00 bits per heavy atom. The van der Waals surface area contributed by atoms with Crippen LogP contribution in [0.15, 0.2) is 24.3 Å². The summed E-state index contributed by atoms with van der Waals surface area (Å²) in [6.45, 7) is 1.69. The molecule has 1 aliphatic carbocycles. The Kier molecular flexibility index (Phi) is 3.66. The summed E-state index contributed by atoms with van der Waals surface area (Å²) in [5.41, 5.74) is 7.14. The van der Waals surface area contributed by atoms with Crippen molar-refractivity contribution in [3.8, 4) is 5.75 Å². The number of amides is 1. The second-order valence-corrected chi connectivity index (χ2v) is 6.16. The van der Waals surface area contributed by atoms with Gasteiger partial charge in [0.05, 0.1) is 6.42 Å². The van der Waals surface area contributed by atoms with Crippen LogP contribution in [0.4, 0.5) is 0 Å². The molecule has 20 heavy (non-hydrogen) atoms. The van der Waals surface area contributed by atoms with Gasteiger partial charge in [0, 0.05) is 19.1 Å². The average Bonchev–Trinajstić information content (AvgIpc) is 2.87. The third kappa shape index (κ3) is 2.66. The molecule has 1 amide bonds. The maximum atomic E-state index is 12.4. The van der Waals surface area contributed by atoms with E-state index >= 15 is 0 Å². The van der Waals surface area contributed by atoms with Crippen molar-refractivity contribution >= 4 is 5.91 Å². The van der Waals surface area contributed by atoms with Crippen LogP contribution in [0.5, 0.6) is 5.75 Å². The summed E-state index contributed by atoms with van der Waals surface area (Å²) in [5, 5.41) is 9.26. The fraction of sp³-hybridized carbons (Fsp3) is 0.562. The summed E-state index contributed by atoms with van der Waals surface area (Å²) < 4.78 is 0. The van der Waals surface area contributed by atoms with Gasteiger partial charge < -0.3 is 15.7 Å². The van der Waals surface area contributed by atoms with E-state index in [0.29, 0.717) is 18.3 Å². The molecule has 1 aromatic carbocycles. The Labute approximate surface area is 119 Å². The van der Waals surface area contributed by atoms with Crippen LogP contribution in [0.2, 0.25) is 0 Å². The van der Waals surface area contributed by atoms with E-state index in [-0.39, 0.29) is 17.7 Å². The van der Waals surface area contributed by atoms with Gasteiger partial charge in [-0.3, -0.25) is 4.79 Å². The molecule has 2 fully saturated rings. The van der Waals surface area contributed by atoms with Crippen molar-refractivity contribution in [2.45, 2.75) is 31.7 Å². The van der Waals surface area contributed by atoms with Gasteiger partial charge in [0.15, 0.2) is 0 Å². The number of fused-ring (bicyclic) bond motifs is 1. The minimum atomic E-state index is 0.178. The Balaban J connectivity index is 1.62. The lowest BCUT2D eigenvalue weighted by Crippen LogP contribution is -2.38. The van der Waals surface area contributed by atoms with E-state index < -0.39 is 0 Å². The zero-order valence-corrected chi connectivity index (χ0v) is 11.7. The highest BCUT2D eigenvalue weighted by molar-refractivity contribution is 5.79. The van der Waals surface area contributed by atoms with Gasteiger partial charge in [-0.25, -0.2) is 0 Å². The monoisotopic (exact) mass is 274 g/mol. The third-order valence-electron chi connectivity index (χ3n) is 4.80. The molecular weight excluding hydrogens is 252 g/mol. The molecule has 1 saturated heterocycles. The molecule has 3 rings (SSSR count). The lowest BCUT2D eigenvalue weighted by atomic mass is 9.78. The fourth-order valence-electron chi connectivity index (χ4n) is 3.62. The Morgan fingerprint density at radius 3 is 2.70 bits per heavy atom. The first-order valence-electron chi connectivity index (χ1n) is 7.45. The fourth-order valence-corrected chi connectivity index (χ4v) is 3.62. The molecule has 2 aliphatic rings. The molecule has 3 atom stereocenters. The number of carbonyl (C=O) groups is 1. The highest BCUT2D eigenvalue weighted by Crippen LogP contribution is 2.35. The first-order valence-corrected chi connectivity index (χ1v) is 7.45. The number of hydrogen-bond donors (Lipinski definition) is 2. The van der Waals surface area contributed by atoms with Gasteiger partial charge in [-0.2, -0.15) is 0 Å². The molecular formula is C16H22N2O2. The Hall–Kier alpha value is -1.55. The molecule has 1 heterocycles. The zero-order valence-electron chi connectivity index (χ0n) is 11.7. The molecule has 1 aromatic rings. The van der Waals surface area contributed by atoms with Crippen LogP contribution in [-0.2, 0) is 11.2 Å². The van der Waals surface area contributed by atoms with Crippen LogP contribution in [0.3, 0.4) is 0 Å². The van der Waals surface area contributed by atoms with E-state index in [1.807, 2.05) is 17.0 Å². The van der Waals surface area contributed by atoms with Gasteiger partial charge in [0.25, 0.3) is 0 Å². The van der Waals surface area contributed by atoms with E-state index in [9.17, 15) is 9.90 Å². The lowest BCUT2D eigenvalue weighted by molar-refractivity contribution is -0.129. The number of nitrogens with zero attached hydrogens (tertiary/aromatic N) is 1. The van der Waals surface area contributed by atoms with E-state index in [4.69, 9.17) is 5.73 Å². The lowest BCUT2D eigenvalue weighted by Gasteiger charge is -2.29. The molecule has 0 aromatic heterocycles. The van der Waals surface area contributed by atoms with Gasteiger partial charge in [0.1, 0.15) is 5.75 Å². The predicted molar refractivity (Wildman–Crippen MR) is 77.2 cm³/mol. The summed E-state index contributed by atoms with van der Waals surface area (Å²) >= 11 is 0. The van der Waals surface area contributed by atoms with E-state index in [1.165, 1.54) is 12.8 Å². The first-order chi connectivity index (χ1) is 9.63. The number of aromatic hydroxyl groups is 1. The third-order valence-corrected chi connectivity index (χ3v) is 4.80. The second-order valence-electron chi connectivity index (χ2n) is 6.16. The van der Waals surface area contributed by atoms with E-state index in [1.54, 1.807) is 12.1 Å². The normalized spacial score (nSPS) is 29.2. The molecule has 0 radical (unpaired) electrons. The van der Waals surface area contributed by atoms with Gasteiger partial charge in [-0.05, 0) is 42.4 Å². The second kappa shape index (κ2) is 5.44. The Bertz CT molecular complexity index is 486. The molecule has 3 unspecified atom stereocenters. The van der Waals surface area contributed by atoms with Crippen molar-refractivity contribution in [1.82, 2.24) is 4.90 Å². The van der Waals surface area contributed by atoms with Crippen molar-refractivity contribution in [2.75, 3.05) is 13.1 Å². The molecule has 3 N–H and O–H groups in total. The SMILES string of the molecule is NC1CCCC2CN(C(=O)Cc3ccc(O)cc3)CC12.